The monoisotopic (exact) mass is 586 g/mol. The molecule has 0 bridgehead atoms. The van der Waals surface area contributed by atoms with E-state index in [9.17, 15) is 9.59 Å². The van der Waals surface area contributed by atoms with Crippen molar-refractivity contribution in [3.05, 3.63) is 93.4 Å². The van der Waals surface area contributed by atoms with Crippen molar-refractivity contribution in [3.8, 4) is 11.5 Å². The second-order valence-corrected chi connectivity index (χ2v) is 10.1. The summed E-state index contributed by atoms with van der Waals surface area (Å²) in [4.78, 5) is 28.8. The summed E-state index contributed by atoms with van der Waals surface area (Å²) in [6.07, 6.45) is 1.14. The van der Waals surface area contributed by atoms with Gasteiger partial charge in [0.05, 0.1) is 11.6 Å². The Morgan fingerprint density at radius 2 is 1.76 bits per heavy atom. The fourth-order valence-corrected chi connectivity index (χ4v) is 4.57. The first-order valence-electron chi connectivity index (χ1n) is 12.1. The summed E-state index contributed by atoms with van der Waals surface area (Å²) in [7, 11) is 1.59. The molecule has 3 aromatic carbocycles. The van der Waals surface area contributed by atoms with E-state index in [1.807, 2.05) is 68.4 Å². The maximum Gasteiger partial charge on any atom is 0.261 e. The molecule has 196 valence electrons. The van der Waals surface area contributed by atoms with Crippen molar-refractivity contribution >= 4 is 39.3 Å². The SMILES string of the molecule is CCC(C)NC(=O)C(Cc1ccccc1)N(Cc1cccc(OC)c1)C(=O)COc1ccc(Cl)cc1Br. The van der Waals surface area contributed by atoms with Crippen molar-refractivity contribution in [1.29, 1.82) is 0 Å². The van der Waals surface area contributed by atoms with Crippen LogP contribution in [0.5, 0.6) is 11.5 Å². The van der Waals surface area contributed by atoms with E-state index in [-0.39, 0.29) is 31.0 Å². The summed E-state index contributed by atoms with van der Waals surface area (Å²) in [5.41, 5.74) is 1.80. The molecule has 0 aromatic heterocycles. The molecule has 0 aliphatic carbocycles. The zero-order valence-corrected chi connectivity index (χ0v) is 23.6. The lowest BCUT2D eigenvalue weighted by Gasteiger charge is -2.32. The number of methoxy groups -OCH3 is 1. The van der Waals surface area contributed by atoms with Crippen molar-refractivity contribution in [2.45, 2.75) is 45.3 Å². The number of benzene rings is 3. The number of carbonyl (C=O) groups excluding carboxylic acids is 2. The van der Waals surface area contributed by atoms with E-state index in [2.05, 4.69) is 21.2 Å². The van der Waals surface area contributed by atoms with E-state index in [1.54, 1.807) is 30.2 Å². The molecule has 0 saturated heterocycles. The number of amides is 2. The van der Waals surface area contributed by atoms with Gasteiger partial charge in [-0.25, -0.2) is 0 Å². The molecule has 0 radical (unpaired) electrons. The van der Waals surface area contributed by atoms with Crippen LogP contribution in [0, 0.1) is 0 Å². The van der Waals surface area contributed by atoms with Crippen molar-refractivity contribution in [3.63, 3.8) is 0 Å². The molecule has 1 N–H and O–H groups in total. The highest BCUT2D eigenvalue weighted by Crippen LogP contribution is 2.28. The lowest BCUT2D eigenvalue weighted by atomic mass is 10.0. The first-order chi connectivity index (χ1) is 17.8. The third kappa shape index (κ3) is 8.51. The zero-order valence-electron chi connectivity index (χ0n) is 21.2. The third-order valence-electron chi connectivity index (χ3n) is 6.00. The van der Waals surface area contributed by atoms with Crippen LogP contribution in [-0.4, -0.2) is 42.5 Å². The van der Waals surface area contributed by atoms with Crippen LogP contribution in [0.4, 0.5) is 0 Å². The highest BCUT2D eigenvalue weighted by atomic mass is 79.9. The van der Waals surface area contributed by atoms with Gasteiger partial charge in [-0.1, -0.05) is 61.0 Å². The number of ether oxygens (including phenoxy) is 2. The van der Waals surface area contributed by atoms with Gasteiger partial charge < -0.3 is 19.7 Å². The van der Waals surface area contributed by atoms with E-state index in [0.717, 1.165) is 17.5 Å². The van der Waals surface area contributed by atoms with Gasteiger partial charge in [0, 0.05) is 24.0 Å². The average Bonchev–Trinajstić information content (AvgIpc) is 2.90. The van der Waals surface area contributed by atoms with Gasteiger partial charge in [-0.15, -0.1) is 0 Å². The van der Waals surface area contributed by atoms with Gasteiger partial charge in [0.15, 0.2) is 6.61 Å². The maximum atomic E-state index is 13.7. The van der Waals surface area contributed by atoms with Crippen LogP contribution in [0.2, 0.25) is 5.02 Å². The quantitative estimate of drug-likeness (QED) is 0.280. The number of hydrogen-bond donors (Lipinski definition) is 1. The number of nitrogens with zero attached hydrogens (tertiary/aromatic N) is 1. The Morgan fingerprint density at radius 3 is 2.43 bits per heavy atom. The van der Waals surface area contributed by atoms with Gasteiger partial charge in [-0.2, -0.15) is 0 Å². The van der Waals surface area contributed by atoms with Crippen LogP contribution >= 0.6 is 27.5 Å². The Balaban J connectivity index is 1.94. The smallest absolute Gasteiger partial charge is 0.261 e. The molecule has 6 nitrogen and oxygen atoms in total. The molecule has 0 fully saturated rings. The maximum absolute atomic E-state index is 13.7. The lowest BCUT2D eigenvalue weighted by Crippen LogP contribution is -2.53. The Labute approximate surface area is 232 Å². The lowest BCUT2D eigenvalue weighted by molar-refractivity contribution is -0.143. The van der Waals surface area contributed by atoms with E-state index in [0.29, 0.717) is 27.4 Å². The minimum Gasteiger partial charge on any atom is -0.497 e. The first kappa shape index (κ1) is 28.5. The van der Waals surface area contributed by atoms with Crippen LogP contribution in [-0.2, 0) is 22.6 Å². The molecule has 0 aliphatic rings. The van der Waals surface area contributed by atoms with E-state index in [1.165, 1.54) is 0 Å². The molecule has 0 saturated carbocycles. The fourth-order valence-electron chi connectivity index (χ4n) is 3.78. The second-order valence-electron chi connectivity index (χ2n) is 8.76. The minimum atomic E-state index is -0.743. The first-order valence-corrected chi connectivity index (χ1v) is 13.3. The molecule has 0 aliphatic heterocycles. The molecular formula is C29H32BrClN2O4. The average molecular weight is 588 g/mol. The number of halogens is 2. The van der Waals surface area contributed by atoms with Gasteiger partial charge in [-0.05, 0) is 70.7 Å². The van der Waals surface area contributed by atoms with Gasteiger partial charge in [0.2, 0.25) is 5.91 Å². The van der Waals surface area contributed by atoms with E-state index in [4.69, 9.17) is 21.1 Å². The molecule has 0 heterocycles. The Kier molecular flexibility index (Phi) is 10.8. The van der Waals surface area contributed by atoms with Crippen molar-refractivity contribution < 1.29 is 19.1 Å². The second kappa shape index (κ2) is 14.1. The summed E-state index contributed by atoms with van der Waals surface area (Å²) < 4.78 is 11.9. The predicted octanol–water partition coefficient (Wildman–Crippen LogP) is 6.04. The summed E-state index contributed by atoms with van der Waals surface area (Å²) in [6, 6.07) is 21.5. The van der Waals surface area contributed by atoms with Crippen LogP contribution in [0.15, 0.2) is 77.3 Å². The summed E-state index contributed by atoms with van der Waals surface area (Å²) in [5.74, 6) is 0.643. The van der Waals surface area contributed by atoms with Gasteiger partial charge in [-0.3, -0.25) is 9.59 Å². The normalized spacial score (nSPS) is 12.4. The number of nitrogens with one attached hydrogen (secondary N) is 1. The largest absolute Gasteiger partial charge is 0.497 e. The standard InChI is InChI=1S/C29H32BrClN2O4/c1-4-20(2)32-29(35)26(16-21-9-6-5-7-10-21)33(18-22-11-8-12-24(15-22)36-3)28(34)19-37-27-14-13-23(31)17-25(27)30/h5-15,17,20,26H,4,16,18-19H2,1-3H3,(H,32,35). The third-order valence-corrected chi connectivity index (χ3v) is 6.86. The molecule has 2 unspecified atom stereocenters. The zero-order chi connectivity index (χ0) is 26.8. The summed E-state index contributed by atoms with van der Waals surface area (Å²) in [5, 5.41) is 3.61. The summed E-state index contributed by atoms with van der Waals surface area (Å²) in [6.45, 7) is 3.93. The minimum absolute atomic E-state index is 0.0270. The molecule has 37 heavy (non-hydrogen) atoms. The van der Waals surface area contributed by atoms with Gasteiger partial charge in [0.25, 0.3) is 5.91 Å². The Bertz CT molecular complexity index is 1190. The molecular weight excluding hydrogens is 556 g/mol. The molecule has 8 heteroatoms. The van der Waals surface area contributed by atoms with E-state index < -0.39 is 6.04 Å². The van der Waals surface area contributed by atoms with Crippen LogP contribution in [0.1, 0.15) is 31.4 Å². The summed E-state index contributed by atoms with van der Waals surface area (Å²) >= 11 is 9.46. The number of rotatable bonds is 12. The van der Waals surface area contributed by atoms with E-state index >= 15 is 0 Å². The van der Waals surface area contributed by atoms with Gasteiger partial charge in [0.1, 0.15) is 17.5 Å². The Morgan fingerprint density at radius 1 is 1.03 bits per heavy atom. The van der Waals surface area contributed by atoms with Crippen LogP contribution in [0.3, 0.4) is 0 Å². The van der Waals surface area contributed by atoms with Crippen molar-refractivity contribution in [2.24, 2.45) is 0 Å². The molecule has 2 amide bonds. The molecule has 2 atom stereocenters. The molecule has 0 spiro atoms. The van der Waals surface area contributed by atoms with Gasteiger partial charge >= 0.3 is 0 Å². The fraction of sp³-hybridized carbons (Fsp3) is 0.310. The predicted molar refractivity (Wildman–Crippen MR) is 150 cm³/mol. The van der Waals surface area contributed by atoms with Crippen molar-refractivity contribution in [1.82, 2.24) is 10.2 Å². The molecule has 3 aromatic rings. The Hall–Kier alpha value is -3.03. The number of carbonyl (C=O) groups is 2. The molecule has 3 rings (SSSR count). The number of hydrogen-bond acceptors (Lipinski definition) is 4. The van der Waals surface area contributed by atoms with Crippen molar-refractivity contribution in [2.75, 3.05) is 13.7 Å². The topological polar surface area (TPSA) is 67.9 Å². The van der Waals surface area contributed by atoms with Crippen LogP contribution in [0.25, 0.3) is 0 Å². The highest BCUT2D eigenvalue weighted by Gasteiger charge is 2.31. The van der Waals surface area contributed by atoms with Crippen LogP contribution < -0.4 is 14.8 Å². The highest BCUT2D eigenvalue weighted by molar-refractivity contribution is 9.10.